The van der Waals surface area contributed by atoms with Gasteiger partial charge in [-0.3, -0.25) is 0 Å². The summed E-state index contributed by atoms with van der Waals surface area (Å²) in [6, 6.07) is 1.86. The molecule has 2 aromatic rings. The van der Waals surface area contributed by atoms with Crippen molar-refractivity contribution in [3.05, 3.63) is 23.2 Å². The molecule has 0 amide bonds. The lowest BCUT2D eigenvalue weighted by molar-refractivity contribution is -0.170. The molecule has 0 aromatic carbocycles. The Morgan fingerprint density at radius 1 is 1.36 bits per heavy atom. The van der Waals surface area contributed by atoms with Crippen molar-refractivity contribution in [3.63, 3.8) is 0 Å². The zero-order valence-corrected chi connectivity index (χ0v) is 13.3. The first-order valence-corrected chi connectivity index (χ1v) is 7.61. The van der Waals surface area contributed by atoms with Gasteiger partial charge < -0.3 is 14.5 Å². The third kappa shape index (κ3) is 2.46. The molecular weight excluding hydrogens is 306 g/mol. The van der Waals surface area contributed by atoms with Gasteiger partial charge in [0.2, 0.25) is 0 Å². The summed E-state index contributed by atoms with van der Waals surface area (Å²) in [6.07, 6.45) is 4.48. The Morgan fingerprint density at radius 2 is 2.09 bits per heavy atom. The maximum Gasteiger partial charge on any atom is 0.338 e. The second kappa shape index (κ2) is 5.85. The van der Waals surface area contributed by atoms with E-state index >= 15 is 0 Å². The maximum absolute atomic E-state index is 12.0. The number of fused-ring (bicyclic) bond motifs is 1. The van der Waals surface area contributed by atoms with Gasteiger partial charge in [-0.2, -0.15) is 0 Å². The molecule has 1 aliphatic carbocycles. The van der Waals surface area contributed by atoms with Crippen molar-refractivity contribution in [2.75, 3.05) is 14.2 Å². The summed E-state index contributed by atoms with van der Waals surface area (Å²) in [5.41, 5.74) is -0.0995. The Bertz CT molecular complexity index is 692. The van der Waals surface area contributed by atoms with Crippen LogP contribution in [0.5, 0.6) is 0 Å². The van der Waals surface area contributed by atoms with Crippen LogP contribution in [0.15, 0.2) is 12.3 Å². The molecule has 0 bridgehead atoms. The predicted octanol–water partition coefficient (Wildman–Crippen LogP) is 2.83. The molecule has 0 atom stereocenters. The number of carbonyl (C=O) groups is 1. The summed E-state index contributed by atoms with van der Waals surface area (Å²) in [7, 11) is 2.94. The first-order chi connectivity index (χ1) is 10.6. The van der Waals surface area contributed by atoms with Crippen LogP contribution < -0.4 is 0 Å². The molecule has 22 heavy (non-hydrogen) atoms. The van der Waals surface area contributed by atoms with Crippen LogP contribution in [0.3, 0.4) is 0 Å². The number of esters is 1. The summed E-state index contributed by atoms with van der Waals surface area (Å²) in [5.74, 6) is 0.569. The number of aromatic nitrogens is 3. The van der Waals surface area contributed by atoms with Gasteiger partial charge in [0.25, 0.3) is 0 Å². The molecule has 3 rings (SSSR count). The predicted molar refractivity (Wildman–Crippen MR) is 81.9 cm³/mol. The van der Waals surface area contributed by atoms with E-state index in [0.717, 1.165) is 29.7 Å². The van der Waals surface area contributed by atoms with Gasteiger partial charge in [-0.05, 0) is 31.7 Å². The molecule has 0 aliphatic heterocycles. The van der Waals surface area contributed by atoms with Crippen LogP contribution in [0.25, 0.3) is 11.0 Å². The number of methoxy groups -OCH3 is 2. The molecule has 0 unspecified atom stereocenters. The summed E-state index contributed by atoms with van der Waals surface area (Å²) < 4.78 is 10.3. The van der Waals surface area contributed by atoms with Gasteiger partial charge in [0, 0.05) is 19.2 Å². The number of carbonyl (C=O) groups excluding carboxylic acids is 1. The van der Waals surface area contributed by atoms with E-state index in [1.165, 1.54) is 7.11 Å². The van der Waals surface area contributed by atoms with Crippen LogP contribution in [-0.4, -0.2) is 40.7 Å². The summed E-state index contributed by atoms with van der Waals surface area (Å²) in [5, 5.41) is 1.28. The zero-order valence-electron chi connectivity index (χ0n) is 12.6. The SMILES string of the molecule is COC(=O)C1(OC)CCC(c2nc(Cl)c3cc[nH]c3n2)CC1. The molecule has 1 saturated carbocycles. The standard InChI is InChI=1S/C15H18ClN3O3/c1-21-14(20)15(22-2)6-3-9(4-7-15)12-18-11(16)10-5-8-17-13(10)19-12/h5,8-9H,3-4,6-7H2,1-2H3,(H,17,18,19). The van der Waals surface area contributed by atoms with E-state index in [1.807, 2.05) is 6.07 Å². The second-order valence-corrected chi connectivity index (χ2v) is 5.93. The van der Waals surface area contributed by atoms with Crippen LogP contribution >= 0.6 is 11.6 Å². The highest BCUT2D eigenvalue weighted by molar-refractivity contribution is 6.33. The summed E-state index contributed by atoms with van der Waals surface area (Å²) in [6.45, 7) is 0. The van der Waals surface area contributed by atoms with Crippen molar-refractivity contribution in [1.82, 2.24) is 15.0 Å². The first kappa shape index (κ1) is 15.2. The fourth-order valence-corrected chi connectivity index (χ4v) is 3.36. The number of H-pyrrole nitrogens is 1. The molecule has 0 radical (unpaired) electrons. The third-order valence-electron chi connectivity index (χ3n) is 4.49. The van der Waals surface area contributed by atoms with E-state index in [-0.39, 0.29) is 11.9 Å². The number of hydrogen-bond donors (Lipinski definition) is 1. The van der Waals surface area contributed by atoms with Gasteiger partial charge >= 0.3 is 5.97 Å². The molecule has 1 N–H and O–H groups in total. The average Bonchev–Trinajstić information content (AvgIpc) is 3.03. The highest BCUT2D eigenvalue weighted by atomic mass is 35.5. The Balaban J connectivity index is 1.81. The fraction of sp³-hybridized carbons (Fsp3) is 0.533. The minimum Gasteiger partial charge on any atom is -0.467 e. The van der Waals surface area contributed by atoms with Gasteiger partial charge in [-0.25, -0.2) is 14.8 Å². The Morgan fingerprint density at radius 3 is 2.73 bits per heavy atom. The lowest BCUT2D eigenvalue weighted by atomic mass is 9.78. The molecule has 0 spiro atoms. The Labute approximate surface area is 133 Å². The lowest BCUT2D eigenvalue weighted by Gasteiger charge is -2.36. The smallest absolute Gasteiger partial charge is 0.338 e. The number of nitrogens with one attached hydrogen (secondary N) is 1. The third-order valence-corrected chi connectivity index (χ3v) is 4.78. The van der Waals surface area contributed by atoms with Crippen LogP contribution in [0.4, 0.5) is 0 Å². The zero-order chi connectivity index (χ0) is 15.7. The highest BCUT2D eigenvalue weighted by Gasteiger charge is 2.44. The largest absolute Gasteiger partial charge is 0.467 e. The fourth-order valence-electron chi connectivity index (χ4n) is 3.12. The molecule has 1 aliphatic rings. The van der Waals surface area contributed by atoms with E-state index in [4.69, 9.17) is 21.1 Å². The number of nitrogens with zero attached hydrogens (tertiary/aromatic N) is 2. The summed E-state index contributed by atoms with van der Waals surface area (Å²) in [4.78, 5) is 24.0. The van der Waals surface area contributed by atoms with E-state index in [0.29, 0.717) is 18.0 Å². The van der Waals surface area contributed by atoms with Crippen molar-refractivity contribution in [2.24, 2.45) is 0 Å². The monoisotopic (exact) mass is 323 g/mol. The summed E-state index contributed by atoms with van der Waals surface area (Å²) >= 11 is 6.21. The topological polar surface area (TPSA) is 77.1 Å². The number of hydrogen-bond acceptors (Lipinski definition) is 5. The first-order valence-electron chi connectivity index (χ1n) is 7.24. The van der Waals surface area contributed by atoms with Crippen molar-refractivity contribution in [3.8, 4) is 0 Å². The number of ether oxygens (including phenoxy) is 2. The van der Waals surface area contributed by atoms with Crippen LogP contribution in [0.2, 0.25) is 5.15 Å². The molecule has 2 heterocycles. The molecule has 2 aromatic heterocycles. The normalized spacial score (nSPS) is 25.3. The number of halogens is 1. The van der Waals surface area contributed by atoms with Crippen molar-refractivity contribution in [2.45, 2.75) is 37.2 Å². The molecule has 1 fully saturated rings. The van der Waals surface area contributed by atoms with Crippen LogP contribution in [0, 0.1) is 0 Å². The maximum atomic E-state index is 12.0. The Kier molecular flexibility index (Phi) is 4.06. The molecular formula is C15H18ClN3O3. The highest BCUT2D eigenvalue weighted by Crippen LogP contribution is 2.40. The average molecular weight is 324 g/mol. The van der Waals surface area contributed by atoms with Gasteiger partial charge in [-0.1, -0.05) is 11.6 Å². The van der Waals surface area contributed by atoms with E-state index in [2.05, 4.69) is 15.0 Å². The minimum absolute atomic E-state index is 0.165. The van der Waals surface area contributed by atoms with Gasteiger partial charge in [-0.15, -0.1) is 0 Å². The number of aromatic amines is 1. The molecule has 118 valence electrons. The lowest BCUT2D eigenvalue weighted by Crippen LogP contribution is -2.44. The molecule has 0 saturated heterocycles. The number of rotatable bonds is 3. The van der Waals surface area contributed by atoms with Crippen molar-refractivity contribution >= 4 is 28.6 Å². The molecule has 7 heteroatoms. The van der Waals surface area contributed by atoms with Crippen LogP contribution in [-0.2, 0) is 14.3 Å². The second-order valence-electron chi connectivity index (χ2n) is 5.58. The van der Waals surface area contributed by atoms with E-state index in [9.17, 15) is 4.79 Å². The van der Waals surface area contributed by atoms with E-state index < -0.39 is 5.60 Å². The Hall–Kier alpha value is -1.66. The van der Waals surface area contributed by atoms with E-state index in [1.54, 1.807) is 13.3 Å². The minimum atomic E-state index is -0.842. The van der Waals surface area contributed by atoms with Crippen molar-refractivity contribution < 1.29 is 14.3 Å². The van der Waals surface area contributed by atoms with Gasteiger partial charge in [0.05, 0.1) is 12.5 Å². The van der Waals surface area contributed by atoms with Gasteiger partial charge in [0.1, 0.15) is 16.6 Å². The van der Waals surface area contributed by atoms with Crippen LogP contribution in [0.1, 0.15) is 37.4 Å². The van der Waals surface area contributed by atoms with Crippen molar-refractivity contribution in [1.29, 1.82) is 0 Å². The molecule has 6 nitrogen and oxygen atoms in total. The van der Waals surface area contributed by atoms with Gasteiger partial charge in [0.15, 0.2) is 5.60 Å². The quantitative estimate of drug-likeness (QED) is 0.694.